The number of nitrogens with zero attached hydrogens (tertiary/aromatic N) is 1. The molecule has 17 heavy (non-hydrogen) atoms. The summed E-state index contributed by atoms with van der Waals surface area (Å²) < 4.78 is 5.43. The summed E-state index contributed by atoms with van der Waals surface area (Å²) in [7, 11) is 3.84. The number of hydrogen-bond donors (Lipinski definition) is 0. The van der Waals surface area contributed by atoms with Gasteiger partial charge in [-0.3, -0.25) is 4.79 Å². The lowest BCUT2D eigenvalue weighted by atomic mass is 10.1. The van der Waals surface area contributed by atoms with Crippen molar-refractivity contribution in [3.63, 3.8) is 0 Å². The van der Waals surface area contributed by atoms with Crippen LogP contribution in [0.15, 0.2) is 42.1 Å². The van der Waals surface area contributed by atoms with Gasteiger partial charge in [-0.15, -0.1) is 0 Å². The lowest BCUT2D eigenvalue weighted by molar-refractivity contribution is -0.115. The highest BCUT2D eigenvalue weighted by Crippen LogP contribution is 2.39. The van der Waals surface area contributed by atoms with Crippen molar-refractivity contribution in [2.24, 2.45) is 0 Å². The van der Waals surface area contributed by atoms with E-state index in [0.717, 1.165) is 11.3 Å². The van der Waals surface area contributed by atoms with Gasteiger partial charge in [0.25, 0.3) is 0 Å². The summed E-state index contributed by atoms with van der Waals surface area (Å²) in [6, 6.07) is 9.85. The van der Waals surface area contributed by atoms with Gasteiger partial charge in [0, 0.05) is 25.9 Å². The van der Waals surface area contributed by atoms with Crippen molar-refractivity contribution in [2.45, 2.75) is 19.1 Å². The van der Waals surface area contributed by atoms with Crippen LogP contribution in [0.4, 0.5) is 0 Å². The molecular weight excluding hydrogens is 214 g/mol. The van der Waals surface area contributed by atoms with E-state index < -0.39 is 0 Å². The van der Waals surface area contributed by atoms with Crippen LogP contribution in [0.5, 0.6) is 0 Å². The second kappa shape index (κ2) is 4.72. The topological polar surface area (TPSA) is 32.8 Å². The minimum Gasteiger partial charge on any atom is -0.381 e. The molecule has 1 aliphatic rings. The van der Waals surface area contributed by atoms with E-state index in [1.165, 1.54) is 0 Å². The Morgan fingerprint density at radius 1 is 1.29 bits per heavy atom. The van der Waals surface area contributed by atoms with E-state index in [4.69, 9.17) is 4.74 Å². The summed E-state index contributed by atoms with van der Waals surface area (Å²) in [5.74, 6) is 0.0463. The molecule has 0 bridgehead atoms. The van der Waals surface area contributed by atoms with Crippen LogP contribution in [0.1, 0.15) is 18.6 Å². The molecule has 1 aliphatic heterocycles. The van der Waals surface area contributed by atoms with Crippen LogP contribution < -0.4 is 0 Å². The van der Waals surface area contributed by atoms with Gasteiger partial charge < -0.3 is 9.64 Å². The van der Waals surface area contributed by atoms with Crippen LogP contribution in [0.3, 0.4) is 0 Å². The monoisotopic (exact) mass is 231 g/mol. The number of benzene rings is 1. The fourth-order valence-corrected chi connectivity index (χ4v) is 1.64. The fourth-order valence-electron chi connectivity index (χ4n) is 1.64. The first kappa shape index (κ1) is 11.9. The molecule has 1 aromatic rings. The smallest absolute Gasteiger partial charge is 0.189 e. The molecule has 0 amide bonds. The number of rotatable bonds is 4. The maximum absolute atomic E-state index is 11.9. The number of epoxide rings is 1. The number of hydrogen-bond acceptors (Lipinski definition) is 3. The maximum atomic E-state index is 11.9. The summed E-state index contributed by atoms with van der Waals surface area (Å²) in [5.41, 5.74) is 2.01. The normalized spacial score (nSPS) is 23.4. The zero-order valence-electron chi connectivity index (χ0n) is 10.4. The predicted molar refractivity (Wildman–Crippen MR) is 66.5 cm³/mol. The molecule has 3 nitrogen and oxygen atoms in total. The number of ether oxygens (including phenoxy) is 1. The molecule has 1 aromatic carbocycles. The fraction of sp³-hybridized carbons (Fsp3) is 0.357. The molecule has 0 aromatic heterocycles. The molecule has 2 rings (SSSR count). The maximum Gasteiger partial charge on any atom is 0.189 e. The minimum absolute atomic E-state index is 0.0463. The summed E-state index contributed by atoms with van der Waals surface area (Å²) in [6.45, 7) is 1.91. The van der Waals surface area contributed by atoms with E-state index in [9.17, 15) is 4.79 Å². The van der Waals surface area contributed by atoms with Crippen molar-refractivity contribution >= 4 is 5.78 Å². The molecule has 2 atom stereocenters. The first-order valence-corrected chi connectivity index (χ1v) is 5.69. The molecule has 90 valence electrons. The van der Waals surface area contributed by atoms with Gasteiger partial charge in [0.05, 0.1) is 0 Å². The van der Waals surface area contributed by atoms with Gasteiger partial charge in [0.15, 0.2) is 11.9 Å². The van der Waals surface area contributed by atoms with E-state index in [1.54, 1.807) is 6.08 Å². The molecule has 3 heteroatoms. The standard InChI is InChI=1S/C14H17NO2/c1-10(15(2)3)9-12(16)14-13(17-14)11-7-5-4-6-8-11/h4-9,13-14H,1-3H3/b10-9+/t13-,14-/m0/s1. The van der Waals surface area contributed by atoms with E-state index >= 15 is 0 Å². The Morgan fingerprint density at radius 2 is 1.94 bits per heavy atom. The van der Waals surface area contributed by atoms with Gasteiger partial charge in [-0.05, 0) is 12.5 Å². The predicted octanol–water partition coefficient (Wildman–Crippen LogP) is 2.16. The molecule has 0 saturated carbocycles. The van der Waals surface area contributed by atoms with Crippen LogP contribution in [0, 0.1) is 0 Å². The highest BCUT2D eigenvalue weighted by Gasteiger charge is 2.44. The van der Waals surface area contributed by atoms with Crippen LogP contribution in [0.2, 0.25) is 0 Å². The van der Waals surface area contributed by atoms with Gasteiger partial charge in [0.1, 0.15) is 6.10 Å². The molecule has 0 unspecified atom stereocenters. The molecular formula is C14H17NO2. The Balaban J connectivity index is 2.00. The number of carbonyl (C=O) groups excluding carboxylic acids is 1. The summed E-state index contributed by atoms with van der Waals surface area (Å²) in [4.78, 5) is 13.8. The van der Waals surface area contributed by atoms with Crippen LogP contribution in [-0.2, 0) is 9.53 Å². The lowest BCUT2D eigenvalue weighted by Crippen LogP contribution is -2.12. The summed E-state index contributed by atoms with van der Waals surface area (Å²) in [6.07, 6.45) is 1.29. The average molecular weight is 231 g/mol. The second-order valence-electron chi connectivity index (χ2n) is 4.47. The van der Waals surface area contributed by atoms with Crippen LogP contribution in [-0.4, -0.2) is 30.9 Å². The molecule has 1 saturated heterocycles. The molecule has 0 aliphatic carbocycles. The zero-order valence-corrected chi connectivity index (χ0v) is 10.4. The highest BCUT2D eigenvalue weighted by atomic mass is 16.6. The lowest BCUT2D eigenvalue weighted by Gasteiger charge is -2.11. The molecule has 0 spiro atoms. The number of allylic oxidation sites excluding steroid dienone is 1. The zero-order chi connectivity index (χ0) is 12.4. The first-order chi connectivity index (χ1) is 8.09. The van der Waals surface area contributed by atoms with Crippen molar-refractivity contribution in [1.29, 1.82) is 0 Å². The second-order valence-corrected chi connectivity index (χ2v) is 4.47. The summed E-state index contributed by atoms with van der Waals surface area (Å²) >= 11 is 0. The van der Waals surface area contributed by atoms with Gasteiger partial charge in [-0.25, -0.2) is 0 Å². The Kier molecular flexibility index (Phi) is 3.29. The van der Waals surface area contributed by atoms with Crippen molar-refractivity contribution in [2.75, 3.05) is 14.1 Å². The third kappa shape index (κ3) is 2.74. The molecule has 0 radical (unpaired) electrons. The largest absolute Gasteiger partial charge is 0.381 e. The van der Waals surface area contributed by atoms with Crippen molar-refractivity contribution < 1.29 is 9.53 Å². The third-order valence-electron chi connectivity index (χ3n) is 2.96. The molecule has 1 heterocycles. The van der Waals surface area contributed by atoms with E-state index in [0.29, 0.717) is 0 Å². The van der Waals surface area contributed by atoms with Crippen molar-refractivity contribution in [3.05, 3.63) is 47.7 Å². The quantitative estimate of drug-likeness (QED) is 0.588. The van der Waals surface area contributed by atoms with E-state index in [1.807, 2.05) is 56.3 Å². The van der Waals surface area contributed by atoms with Crippen molar-refractivity contribution in [1.82, 2.24) is 4.90 Å². The van der Waals surface area contributed by atoms with Gasteiger partial charge in [-0.1, -0.05) is 30.3 Å². The Labute approximate surface area is 102 Å². The van der Waals surface area contributed by atoms with Gasteiger partial charge in [0.2, 0.25) is 0 Å². The third-order valence-corrected chi connectivity index (χ3v) is 2.96. The Morgan fingerprint density at radius 3 is 2.53 bits per heavy atom. The molecule has 0 N–H and O–H groups in total. The number of ketones is 1. The number of carbonyl (C=O) groups is 1. The van der Waals surface area contributed by atoms with Crippen LogP contribution in [0.25, 0.3) is 0 Å². The SMILES string of the molecule is C/C(=C\C(=O)[C@@H]1O[C@H]1c1ccccc1)N(C)C. The molecule has 1 fully saturated rings. The van der Waals surface area contributed by atoms with Crippen molar-refractivity contribution in [3.8, 4) is 0 Å². The highest BCUT2D eigenvalue weighted by molar-refractivity contribution is 5.96. The van der Waals surface area contributed by atoms with Gasteiger partial charge in [-0.2, -0.15) is 0 Å². The van der Waals surface area contributed by atoms with E-state index in [2.05, 4.69) is 0 Å². The Hall–Kier alpha value is -1.61. The first-order valence-electron chi connectivity index (χ1n) is 5.69. The van der Waals surface area contributed by atoms with Gasteiger partial charge >= 0.3 is 0 Å². The Bertz CT molecular complexity index is 437. The summed E-state index contributed by atoms with van der Waals surface area (Å²) in [5, 5.41) is 0. The van der Waals surface area contributed by atoms with Crippen LogP contribution >= 0.6 is 0 Å². The minimum atomic E-state index is -0.299. The van der Waals surface area contributed by atoms with E-state index in [-0.39, 0.29) is 18.0 Å². The average Bonchev–Trinajstić information content (AvgIpc) is 3.10.